The van der Waals surface area contributed by atoms with Gasteiger partial charge >= 0.3 is 0 Å². The second-order valence-corrected chi connectivity index (χ2v) is 6.47. The van der Waals surface area contributed by atoms with E-state index in [-0.39, 0.29) is 5.91 Å². The van der Waals surface area contributed by atoms with Crippen LogP contribution in [-0.2, 0) is 0 Å². The van der Waals surface area contributed by atoms with E-state index in [1.165, 1.54) is 0 Å². The van der Waals surface area contributed by atoms with Crippen molar-refractivity contribution in [2.45, 2.75) is 13.8 Å². The van der Waals surface area contributed by atoms with Crippen LogP contribution in [0.1, 0.15) is 21.5 Å². The third-order valence-electron chi connectivity index (χ3n) is 2.81. The van der Waals surface area contributed by atoms with Crippen molar-refractivity contribution in [1.82, 2.24) is 0 Å². The number of nitrogens with one attached hydrogen (secondary N) is 1. The minimum atomic E-state index is -0.0715. The Labute approximate surface area is 134 Å². The Hall–Kier alpha value is -0.880. The number of carbonyl (C=O) groups excluding carboxylic acids is 1. The lowest BCUT2D eigenvalue weighted by Crippen LogP contribution is -2.14. The summed E-state index contributed by atoms with van der Waals surface area (Å²) in [6.07, 6.45) is 0. The Kier molecular flexibility index (Phi) is 4.62. The molecule has 2 rings (SSSR count). The van der Waals surface area contributed by atoms with Crippen LogP contribution in [0.2, 0.25) is 0 Å². The van der Waals surface area contributed by atoms with Gasteiger partial charge in [-0.3, -0.25) is 4.79 Å². The first-order valence-corrected chi connectivity index (χ1v) is 7.68. The SMILES string of the molecule is Cc1ccc(C(=O)Nc2ccc(Br)cc2I)c(C)c1. The molecule has 2 aromatic carbocycles. The van der Waals surface area contributed by atoms with E-state index in [4.69, 9.17) is 0 Å². The summed E-state index contributed by atoms with van der Waals surface area (Å²) in [6.45, 7) is 3.97. The van der Waals surface area contributed by atoms with Crippen LogP contribution >= 0.6 is 38.5 Å². The predicted molar refractivity (Wildman–Crippen MR) is 90.7 cm³/mol. The molecular formula is C15H13BrINO. The first kappa shape index (κ1) is 14.5. The van der Waals surface area contributed by atoms with Gasteiger partial charge < -0.3 is 5.32 Å². The lowest BCUT2D eigenvalue weighted by Gasteiger charge is -2.10. The molecule has 4 heteroatoms. The largest absolute Gasteiger partial charge is 0.321 e. The molecule has 0 saturated carbocycles. The fourth-order valence-electron chi connectivity index (χ4n) is 1.85. The van der Waals surface area contributed by atoms with Gasteiger partial charge in [-0.05, 0) is 66.3 Å². The van der Waals surface area contributed by atoms with Crippen molar-refractivity contribution in [2.24, 2.45) is 0 Å². The van der Waals surface area contributed by atoms with Crippen LogP contribution in [0, 0.1) is 17.4 Å². The van der Waals surface area contributed by atoms with E-state index < -0.39 is 0 Å². The molecule has 0 spiro atoms. The molecule has 0 aliphatic rings. The van der Waals surface area contributed by atoms with Crippen molar-refractivity contribution in [3.8, 4) is 0 Å². The summed E-state index contributed by atoms with van der Waals surface area (Å²) < 4.78 is 2.01. The van der Waals surface area contributed by atoms with E-state index >= 15 is 0 Å². The highest BCUT2D eigenvalue weighted by Crippen LogP contribution is 2.23. The lowest BCUT2D eigenvalue weighted by atomic mass is 10.1. The maximum absolute atomic E-state index is 12.3. The van der Waals surface area contributed by atoms with Gasteiger partial charge in [-0.15, -0.1) is 0 Å². The van der Waals surface area contributed by atoms with Crippen LogP contribution in [0.25, 0.3) is 0 Å². The summed E-state index contributed by atoms with van der Waals surface area (Å²) in [5.74, 6) is -0.0715. The summed E-state index contributed by atoms with van der Waals surface area (Å²) in [5, 5.41) is 2.95. The van der Waals surface area contributed by atoms with Crippen molar-refractivity contribution < 1.29 is 4.79 Å². The molecule has 19 heavy (non-hydrogen) atoms. The Morgan fingerprint density at radius 1 is 1.16 bits per heavy atom. The monoisotopic (exact) mass is 429 g/mol. The number of halogens is 2. The highest BCUT2D eigenvalue weighted by Gasteiger charge is 2.10. The standard InChI is InChI=1S/C15H13BrINO/c1-9-3-5-12(10(2)7-9)15(19)18-14-6-4-11(16)8-13(14)17/h3-8H,1-2H3,(H,18,19). The van der Waals surface area contributed by atoms with E-state index in [0.29, 0.717) is 5.56 Å². The number of anilines is 1. The van der Waals surface area contributed by atoms with Crippen LogP contribution < -0.4 is 5.32 Å². The zero-order valence-corrected chi connectivity index (χ0v) is 14.4. The maximum Gasteiger partial charge on any atom is 0.255 e. The lowest BCUT2D eigenvalue weighted by molar-refractivity contribution is 0.102. The fraction of sp³-hybridized carbons (Fsp3) is 0.133. The van der Waals surface area contributed by atoms with Crippen molar-refractivity contribution in [2.75, 3.05) is 5.32 Å². The van der Waals surface area contributed by atoms with E-state index in [0.717, 1.165) is 24.9 Å². The average Bonchev–Trinajstić information content (AvgIpc) is 2.32. The molecule has 0 atom stereocenters. The highest BCUT2D eigenvalue weighted by molar-refractivity contribution is 14.1. The molecule has 0 aliphatic carbocycles. The number of hydrogen-bond acceptors (Lipinski definition) is 1. The molecule has 0 fully saturated rings. The molecule has 0 aromatic heterocycles. The molecule has 98 valence electrons. The molecule has 0 heterocycles. The van der Waals surface area contributed by atoms with Crippen LogP contribution in [0.4, 0.5) is 5.69 Å². The van der Waals surface area contributed by atoms with Gasteiger partial charge in [0.05, 0.1) is 5.69 Å². The van der Waals surface area contributed by atoms with E-state index in [2.05, 4.69) is 43.8 Å². The Bertz CT molecular complexity index is 640. The quantitative estimate of drug-likeness (QED) is 0.674. The Morgan fingerprint density at radius 3 is 2.53 bits per heavy atom. The third kappa shape index (κ3) is 3.57. The Morgan fingerprint density at radius 2 is 1.89 bits per heavy atom. The van der Waals surface area contributed by atoms with Crippen molar-refractivity contribution >= 4 is 50.1 Å². The van der Waals surface area contributed by atoms with Gasteiger partial charge in [0, 0.05) is 13.6 Å². The van der Waals surface area contributed by atoms with Crippen molar-refractivity contribution in [3.05, 3.63) is 61.1 Å². The van der Waals surface area contributed by atoms with Gasteiger partial charge in [0.25, 0.3) is 5.91 Å². The molecule has 2 nitrogen and oxygen atoms in total. The van der Waals surface area contributed by atoms with Gasteiger partial charge in [-0.25, -0.2) is 0 Å². The minimum absolute atomic E-state index is 0.0715. The molecular weight excluding hydrogens is 417 g/mol. The fourth-order valence-corrected chi connectivity index (χ4v) is 3.29. The maximum atomic E-state index is 12.3. The predicted octanol–water partition coefficient (Wildman–Crippen LogP) is 4.92. The highest BCUT2D eigenvalue weighted by atomic mass is 127. The average molecular weight is 430 g/mol. The van der Waals surface area contributed by atoms with Crippen LogP contribution in [-0.4, -0.2) is 5.91 Å². The van der Waals surface area contributed by atoms with Crippen molar-refractivity contribution in [3.63, 3.8) is 0 Å². The van der Waals surface area contributed by atoms with Crippen LogP contribution in [0.15, 0.2) is 40.9 Å². The molecule has 0 unspecified atom stereocenters. The van der Waals surface area contributed by atoms with Gasteiger partial charge in [0.1, 0.15) is 0 Å². The van der Waals surface area contributed by atoms with Crippen molar-refractivity contribution in [1.29, 1.82) is 0 Å². The smallest absolute Gasteiger partial charge is 0.255 e. The summed E-state index contributed by atoms with van der Waals surface area (Å²) in [7, 11) is 0. The summed E-state index contributed by atoms with van der Waals surface area (Å²) in [5.41, 5.74) is 3.69. The van der Waals surface area contributed by atoms with Gasteiger partial charge in [0.15, 0.2) is 0 Å². The molecule has 1 amide bonds. The second kappa shape index (κ2) is 6.05. The first-order valence-electron chi connectivity index (χ1n) is 5.81. The summed E-state index contributed by atoms with van der Waals surface area (Å²) >= 11 is 5.62. The zero-order valence-electron chi connectivity index (χ0n) is 10.6. The van der Waals surface area contributed by atoms with E-state index in [1.54, 1.807) is 0 Å². The van der Waals surface area contributed by atoms with Gasteiger partial charge in [-0.1, -0.05) is 33.6 Å². The number of hydrogen-bond donors (Lipinski definition) is 1. The molecule has 2 aromatic rings. The molecule has 0 saturated heterocycles. The molecule has 0 aliphatic heterocycles. The normalized spacial score (nSPS) is 10.3. The zero-order chi connectivity index (χ0) is 14.0. The minimum Gasteiger partial charge on any atom is -0.321 e. The number of carbonyl (C=O) groups is 1. The third-order valence-corrected chi connectivity index (χ3v) is 4.19. The van der Waals surface area contributed by atoms with Crippen LogP contribution in [0.5, 0.6) is 0 Å². The molecule has 1 N–H and O–H groups in total. The number of amides is 1. The number of benzene rings is 2. The number of aryl methyl sites for hydroxylation is 2. The number of rotatable bonds is 2. The topological polar surface area (TPSA) is 29.1 Å². The molecule has 0 bridgehead atoms. The Balaban J connectivity index is 2.25. The van der Waals surface area contributed by atoms with Gasteiger partial charge in [-0.2, -0.15) is 0 Å². The summed E-state index contributed by atoms with van der Waals surface area (Å²) in [4.78, 5) is 12.3. The van der Waals surface area contributed by atoms with E-state index in [1.807, 2.05) is 50.2 Å². The molecule has 0 radical (unpaired) electrons. The second-order valence-electron chi connectivity index (χ2n) is 4.40. The first-order chi connectivity index (χ1) is 8.97. The van der Waals surface area contributed by atoms with Gasteiger partial charge in [0.2, 0.25) is 0 Å². The summed E-state index contributed by atoms with van der Waals surface area (Å²) in [6, 6.07) is 11.6. The van der Waals surface area contributed by atoms with E-state index in [9.17, 15) is 4.79 Å². The van der Waals surface area contributed by atoms with Crippen LogP contribution in [0.3, 0.4) is 0 Å².